The normalized spacial score (nSPS) is 31.9. The molecule has 0 spiro atoms. The lowest BCUT2D eigenvalue weighted by molar-refractivity contribution is -0.595. The number of carbonyl (C=O) groups excluding carboxylic acids is 1. The minimum atomic E-state index is -1.31. The van der Waals surface area contributed by atoms with Crippen molar-refractivity contribution in [1.82, 2.24) is 4.90 Å². The molecule has 0 aromatic carbocycles. The molecule has 3 rings (SSSR count). The van der Waals surface area contributed by atoms with Crippen molar-refractivity contribution < 1.29 is 18.6 Å². The lowest BCUT2D eigenvalue weighted by Gasteiger charge is -2.39. The van der Waals surface area contributed by atoms with Gasteiger partial charge in [0.25, 0.3) is 4.74 Å². The number of amides is 1. The third-order valence-corrected chi connectivity index (χ3v) is 5.58. The number of amidine groups is 1. The van der Waals surface area contributed by atoms with Gasteiger partial charge < -0.3 is 14.7 Å². The number of halogens is 2. The second-order valence-corrected chi connectivity index (χ2v) is 8.61. The van der Waals surface area contributed by atoms with Gasteiger partial charge in [-0.1, -0.05) is 0 Å². The van der Waals surface area contributed by atoms with Crippen LogP contribution < -0.4 is 0 Å². The molecule has 2 atom stereocenters. The van der Waals surface area contributed by atoms with Gasteiger partial charge in [-0.2, -0.15) is 4.99 Å². The maximum absolute atomic E-state index is 12.4. The van der Waals surface area contributed by atoms with E-state index in [2.05, 4.69) is 25.9 Å². The molecular weight excluding hydrogens is 412 g/mol. The summed E-state index contributed by atoms with van der Waals surface area (Å²) in [6.45, 7) is 6.06. The van der Waals surface area contributed by atoms with Gasteiger partial charge in [-0.3, -0.25) is 4.99 Å². The first kappa shape index (κ1) is 18.6. The molecule has 0 saturated carbocycles. The molecule has 9 heteroatoms. The standard InChI is InChI=1S/C16H21BrClN4O3/c1-15(2,3)25-14(23)21-7-4-5-16(24,10-21)12-11-9-19-6-8-22(11,18)13(17)20-12/h6,8-9,24H,4-5,7,10H2,1-3H3/q+1. The van der Waals surface area contributed by atoms with E-state index in [0.29, 0.717) is 35.5 Å². The molecule has 3 heterocycles. The van der Waals surface area contributed by atoms with Crippen molar-refractivity contribution in [3.8, 4) is 0 Å². The third-order valence-electron chi connectivity index (χ3n) is 4.18. The number of ether oxygens (including phenoxy) is 1. The number of quaternary nitrogens is 1. The van der Waals surface area contributed by atoms with Gasteiger partial charge in [0, 0.05) is 22.5 Å². The highest BCUT2D eigenvalue weighted by atomic mass is 79.9. The first-order chi connectivity index (χ1) is 11.6. The number of aliphatic hydroxyl groups is 1. The summed E-state index contributed by atoms with van der Waals surface area (Å²) in [5.41, 5.74) is -0.901. The molecule has 3 aliphatic heterocycles. The van der Waals surface area contributed by atoms with Gasteiger partial charge in [0.05, 0.1) is 19.0 Å². The van der Waals surface area contributed by atoms with Gasteiger partial charge in [-0.05, 0) is 33.6 Å². The summed E-state index contributed by atoms with van der Waals surface area (Å²) in [7, 11) is 0. The Morgan fingerprint density at radius 1 is 1.52 bits per heavy atom. The summed E-state index contributed by atoms with van der Waals surface area (Å²) in [4.78, 5) is 22.5. The predicted octanol–water partition coefficient (Wildman–Crippen LogP) is 3.25. The summed E-state index contributed by atoms with van der Waals surface area (Å²) in [6.07, 6.45) is 5.49. The number of allylic oxidation sites excluding steroid dienone is 1. The number of likely N-dealkylation sites (tertiary alicyclic amines) is 1. The fourth-order valence-corrected chi connectivity index (χ4v) is 3.76. The van der Waals surface area contributed by atoms with E-state index in [4.69, 9.17) is 16.5 Å². The summed E-state index contributed by atoms with van der Waals surface area (Å²) < 4.78 is 5.68. The van der Waals surface area contributed by atoms with Crippen LogP contribution in [0, 0.1) is 0 Å². The number of hydrogen-bond donors (Lipinski definition) is 1. The van der Waals surface area contributed by atoms with Crippen molar-refractivity contribution in [3.05, 3.63) is 23.8 Å². The molecule has 0 radical (unpaired) electrons. The van der Waals surface area contributed by atoms with Crippen LogP contribution in [0.25, 0.3) is 0 Å². The van der Waals surface area contributed by atoms with E-state index in [0.717, 1.165) is 0 Å². The lowest BCUT2D eigenvalue weighted by Crippen LogP contribution is -2.52. The number of piperidine rings is 1. The second kappa shape index (κ2) is 6.19. The topological polar surface area (TPSA) is 74.5 Å². The maximum Gasteiger partial charge on any atom is 0.410 e. The molecule has 2 unspecified atom stereocenters. The average Bonchev–Trinajstić information content (AvgIpc) is 2.78. The highest BCUT2D eigenvalue weighted by Crippen LogP contribution is 2.43. The quantitative estimate of drug-likeness (QED) is 0.510. The van der Waals surface area contributed by atoms with Gasteiger partial charge in [0.2, 0.25) is 5.70 Å². The molecule has 25 heavy (non-hydrogen) atoms. The molecule has 0 aromatic heterocycles. The van der Waals surface area contributed by atoms with Crippen LogP contribution in [0.1, 0.15) is 33.6 Å². The van der Waals surface area contributed by atoms with Crippen LogP contribution in [0.4, 0.5) is 4.79 Å². The molecule has 1 fully saturated rings. The Bertz CT molecular complexity index is 727. The Labute approximate surface area is 160 Å². The molecule has 1 saturated heterocycles. The van der Waals surface area contributed by atoms with E-state index < -0.39 is 17.3 Å². The Balaban J connectivity index is 1.89. The number of nitrogens with zero attached hydrogens (tertiary/aromatic N) is 4. The van der Waals surface area contributed by atoms with Crippen LogP contribution in [0.15, 0.2) is 33.8 Å². The van der Waals surface area contributed by atoms with Gasteiger partial charge in [-0.25, -0.2) is 4.79 Å². The lowest BCUT2D eigenvalue weighted by atomic mass is 9.88. The molecule has 0 bridgehead atoms. The summed E-state index contributed by atoms with van der Waals surface area (Å²) in [5.74, 6) is 0. The van der Waals surface area contributed by atoms with Crippen molar-refractivity contribution in [3.63, 3.8) is 0 Å². The number of rotatable bonds is 1. The van der Waals surface area contributed by atoms with Crippen molar-refractivity contribution in [2.75, 3.05) is 13.1 Å². The highest BCUT2D eigenvalue weighted by molar-refractivity contribution is 9.18. The Hall–Kier alpha value is -1.22. The summed E-state index contributed by atoms with van der Waals surface area (Å²) in [5, 5.41) is 11.3. The van der Waals surface area contributed by atoms with Crippen LogP contribution in [0.3, 0.4) is 0 Å². The Kier molecular flexibility index (Phi) is 4.60. The van der Waals surface area contributed by atoms with Gasteiger partial charge in [0.15, 0.2) is 11.8 Å². The number of fused-ring (bicyclic) bond motifs is 1. The molecule has 0 aromatic rings. The number of hydrogen-bond acceptors (Lipinski definition) is 5. The fourth-order valence-electron chi connectivity index (χ4n) is 3.06. The van der Waals surface area contributed by atoms with E-state index >= 15 is 0 Å². The maximum atomic E-state index is 12.4. The van der Waals surface area contributed by atoms with Gasteiger partial charge in [0.1, 0.15) is 23.1 Å². The molecular formula is C16H21BrClN4O3+. The third kappa shape index (κ3) is 3.40. The van der Waals surface area contributed by atoms with E-state index in [1.165, 1.54) is 4.90 Å². The number of aliphatic imine (C=N–C) groups is 2. The highest BCUT2D eigenvalue weighted by Gasteiger charge is 2.52. The van der Waals surface area contributed by atoms with Crippen LogP contribution >= 0.6 is 27.7 Å². The van der Waals surface area contributed by atoms with Crippen molar-refractivity contribution in [2.45, 2.75) is 44.8 Å². The predicted molar refractivity (Wildman–Crippen MR) is 99.1 cm³/mol. The van der Waals surface area contributed by atoms with Crippen molar-refractivity contribution in [1.29, 1.82) is 0 Å². The van der Waals surface area contributed by atoms with Gasteiger partial charge in [-0.15, -0.1) is 4.00 Å². The molecule has 1 amide bonds. The minimum absolute atomic E-state index is 0.0962. The fraction of sp³-hybridized carbons (Fsp3) is 0.562. The first-order valence-corrected chi connectivity index (χ1v) is 9.18. The zero-order valence-electron chi connectivity index (χ0n) is 14.4. The number of β-amino-alcohol motifs (C(OH)–C–C–N with tert-alkyl or cyclic N) is 1. The van der Waals surface area contributed by atoms with Gasteiger partial charge >= 0.3 is 6.09 Å². The molecule has 3 aliphatic rings. The second-order valence-electron chi connectivity index (χ2n) is 7.36. The van der Waals surface area contributed by atoms with Crippen molar-refractivity contribution >= 4 is 44.8 Å². The smallest absolute Gasteiger partial charge is 0.410 e. The Morgan fingerprint density at radius 2 is 2.24 bits per heavy atom. The molecule has 7 nitrogen and oxygen atoms in total. The zero-order valence-corrected chi connectivity index (χ0v) is 16.7. The average molecular weight is 433 g/mol. The first-order valence-electron chi connectivity index (χ1n) is 8.05. The molecule has 1 N–H and O–H groups in total. The monoisotopic (exact) mass is 431 g/mol. The number of carbonyl (C=O) groups is 1. The SMILES string of the molecule is CC(C)(C)OC(=O)N1CCCC(O)(C2=C3C=NC=C[N+]3(Cl)C(Br)=N2)C1. The van der Waals surface area contributed by atoms with Crippen LogP contribution in [-0.2, 0) is 4.74 Å². The molecule has 136 valence electrons. The largest absolute Gasteiger partial charge is 0.444 e. The van der Waals surface area contributed by atoms with Crippen LogP contribution in [-0.4, -0.2) is 55.4 Å². The van der Waals surface area contributed by atoms with Crippen LogP contribution in [0.2, 0.25) is 0 Å². The van der Waals surface area contributed by atoms with Crippen LogP contribution in [0.5, 0.6) is 0 Å². The summed E-state index contributed by atoms with van der Waals surface area (Å²) >= 11 is 9.96. The zero-order chi connectivity index (χ0) is 18.5. The van der Waals surface area contributed by atoms with E-state index in [9.17, 15) is 9.90 Å². The van der Waals surface area contributed by atoms with E-state index in [1.54, 1.807) is 18.6 Å². The molecule has 0 aliphatic carbocycles. The minimum Gasteiger partial charge on any atom is -0.444 e. The Morgan fingerprint density at radius 3 is 2.92 bits per heavy atom. The van der Waals surface area contributed by atoms with E-state index in [1.807, 2.05) is 20.8 Å². The summed E-state index contributed by atoms with van der Waals surface area (Å²) in [6, 6.07) is 0. The van der Waals surface area contributed by atoms with E-state index in [-0.39, 0.29) is 10.5 Å². The van der Waals surface area contributed by atoms with Crippen molar-refractivity contribution in [2.24, 2.45) is 9.98 Å².